The summed E-state index contributed by atoms with van der Waals surface area (Å²) in [7, 11) is 0. The van der Waals surface area contributed by atoms with E-state index in [1.807, 2.05) is 0 Å². The van der Waals surface area contributed by atoms with E-state index >= 15 is 0 Å². The number of carbonyl (C=O) groups excluding carboxylic acids is 1. The lowest BCUT2D eigenvalue weighted by Crippen LogP contribution is -2.34. The average molecular weight is 360 g/mol. The zero-order valence-electron chi connectivity index (χ0n) is 14.9. The monoisotopic (exact) mass is 360 g/mol. The molecule has 0 aromatic carbocycles. The summed E-state index contributed by atoms with van der Waals surface area (Å²) in [6.45, 7) is 5.16. The molecule has 0 saturated heterocycles. The van der Waals surface area contributed by atoms with Crippen LogP contribution in [0.25, 0.3) is 11.4 Å². The molecule has 26 heavy (non-hydrogen) atoms. The molecule has 8 heteroatoms. The van der Waals surface area contributed by atoms with Gasteiger partial charge in [-0.2, -0.15) is 0 Å². The number of carbonyl (C=O) groups is 1. The maximum absolute atomic E-state index is 13.0. The Bertz CT molecular complexity index is 743. The van der Waals surface area contributed by atoms with E-state index < -0.39 is 11.7 Å². The summed E-state index contributed by atoms with van der Waals surface area (Å²) in [6, 6.07) is 3.59. The molecule has 0 aliphatic heterocycles. The molecular weight excluding hydrogens is 339 g/mol. The fraction of sp³-hybridized carbons (Fsp3) is 0.333. The quantitative estimate of drug-likeness (QED) is 0.851. The minimum atomic E-state index is -0.623. The van der Waals surface area contributed by atoms with E-state index in [0.717, 1.165) is 5.56 Å². The van der Waals surface area contributed by atoms with Gasteiger partial charge in [-0.3, -0.25) is 4.98 Å². The van der Waals surface area contributed by atoms with Crippen molar-refractivity contribution in [2.24, 2.45) is 0 Å². The fourth-order valence-corrected chi connectivity index (χ4v) is 1.84. The van der Waals surface area contributed by atoms with Crippen molar-refractivity contribution in [2.75, 3.05) is 13.2 Å². The SMILES string of the molecule is CC(C)(C)OC(=O)NC/C(=C/F)COc1cnc(-c2ccncc2)nc1. The van der Waals surface area contributed by atoms with Gasteiger partial charge in [0.2, 0.25) is 0 Å². The lowest BCUT2D eigenvalue weighted by Gasteiger charge is -2.20. The maximum atomic E-state index is 13.0. The van der Waals surface area contributed by atoms with E-state index in [4.69, 9.17) is 9.47 Å². The minimum absolute atomic E-state index is 0.0264. The summed E-state index contributed by atoms with van der Waals surface area (Å²) < 4.78 is 23.5. The number of nitrogens with one attached hydrogen (secondary N) is 1. The second-order valence-electron chi connectivity index (χ2n) is 6.39. The molecule has 0 spiro atoms. The van der Waals surface area contributed by atoms with E-state index in [9.17, 15) is 9.18 Å². The van der Waals surface area contributed by atoms with Gasteiger partial charge in [0.15, 0.2) is 11.6 Å². The molecule has 2 aromatic heterocycles. The first-order valence-electron chi connectivity index (χ1n) is 7.97. The normalized spacial score (nSPS) is 11.8. The van der Waals surface area contributed by atoms with Crippen molar-refractivity contribution in [1.29, 1.82) is 0 Å². The predicted octanol–water partition coefficient (Wildman–Crippen LogP) is 3.30. The molecular formula is C18H21FN4O3. The predicted molar refractivity (Wildman–Crippen MR) is 94.2 cm³/mol. The third kappa shape index (κ3) is 6.46. The van der Waals surface area contributed by atoms with Crippen LogP contribution in [-0.2, 0) is 4.74 Å². The van der Waals surface area contributed by atoms with E-state index in [-0.39, 0.29) is 18.7 Å². The number of nitrogens with zero attached hydrogens (tertiary/aromatic N) is 3. The van der Waals surface area contributed by atoms with Gasteiger partial charge in [0.1, 0.15) is 12.2 Å². The highest BCUT2D eigenvalue weighted by Gasteiger charge is 2.16. The molecule has 2 aromatic rings. The van der Waals surface area contributed by atoms with Gasteiger partial charge >= 0.3 is 6.09 Å². The highest BCUT2D eigenvalue weighted by molar-refractivity contribution is 5.68. The molecule has 0 fully saturated rings. The largest absolute Gasteiger partial charge is 0.486 e. The Morgan fingerprint density at radius 3 is 2.46 bits per heavy atom. The van der Waals surface area contributed by atoms with Gasteiger partial charge in [-0.05, 0) is 32.9 Å². The van der Waals surface area contributed by atoms with Crippen molar-refractivity contribution in [3.8, 4) is 17.1 Å². The molecule has 1 N–H and O–H groups in total. The van der Waals surface area contributed by atoms with Crippen LogP contribution in [0.1, 0.15) is 20.8 Å². The van der Waals surface area contributed by atoms with Crippen LogP contribution in [0.15, 0.2) is 48.8 Å². The molecule has 7 nitrogen and oxygen atoms in total. The lowest BCUT2D eigenvalue weighted by atomic mass is 10.2. The van der Waals surface area contributed by atoms with Crippen LogP contribution in [0.5, 0.6) is 5.75 Å². The molecule has 138 valence electrons. The standard InChI is InChI=1S/C18H21FN4O3/c1-18(2,3)26-17(24)23-9-13(8-19)12-25-15-10-21-16(22-11-15)14-4-6-20-7-5-14/h4-8,10-11H,9,12H2,1-3H3,(H,23,24)/b13-8-. The third-order valence-corrected chi connectivity index (χ3v) is 3.00. The van der Waals surface area contributed by atoms with Crippen molar-refractivity contribution in [1.82, 2.24) is 20.3 Å². The lowest BCUT2D eigenvalue weighted by molar-refractivity contribution is 0.0531. The van der Waals surface area contributed by atoms with Crippen LogP contribution in [0.3, 0.4) is 0 Å². The van der Waals surface area contributed by atoms with Crippen LogP contribution in [-0.4, -0.2) is 39.8 Å². The van der Waals surface area contributed by atoms with Crippen LogP contribution >= 0.6 is 0 Å². The topological polar surface area (TPSA) is 86.2 Å². The molecule has 0 saturated carbocycles. The number of ether oxygens (including phenoxy) is 2. The maximum Gasteiger partial charge on any atom is 0.407 e. The van der Waals surface area contributed by atoms with Crippen molar-refractivity contribution in [3.05, 3.63) is 48.8 Å². The van der Waals surface area contributed by atoms with Crippen molar-refractivity contribution >= 4 is 6.09 Å². The van der Waals surface area contributed by atoms with E-state index in [0.29, 0.717) is 17.9 Å². The Hall–Kier alpha value is -3.03. The van der Waals surface area contributed by atoms with Gasteiger partial charge in [0, 0.05) is 30.1 Å². The first-order valence-corrected chi connectivity index (χ1v) is 7.97. The van der Waals surface area contributed by atoms with E-state index in [1.165, 1.54) is 12.4 Å². The highest BCUT2D eigenvalue weighted by atomic mass is 19.1. The minimum Gasteiger partial charge on any atom is -0.486 e. The molecule has 2 heterocycles. The zero-order chi connectivity index (χ0) is 19.0. The number of halogens is 1. The molecule has 0 atom stereocenters. The molecule has 1 amide bonds. The first kappa shape index (κ1) is 19.3. The Balaban J connectivity index is 1.84. The van der Waals surface area contributed by atoms with E-state index in [2.05, 4.69) is 20.3 Å². The van der Waals surface area contributed by atoms with Gasteiger partial charge in [0.05, 0.1) is 18.7 Å². The molecule has 2 rings (SSSR count). The van der Waals surface area contributed by atoms with E-state index in [1.54, 1.807) is 45.3 Å². The van der Waals surface area contributed by atoms with Gasteiger partial charge in [-0.25, -0.2) is 19.2 Å². The van der Waals surface area contributed by atoms with Crippen molar-refractivity contribution in [2.45, 2.75) is 26.4 Å². The van der Waals surface area contributed by atoms with Gasteiger partial charge in [0.25, 0.3) is 0 Å². The Labute approximate surface area is 151 Å². The molecule has 0 unspecified atom stereocenters. The first-order chi connectivity index (χ1) is 12.4. The summed E-state index contributed by atoms with van der Waals surface area (Å²) in [5, 5.41) is 2.47. The summed E-state index contributed by atoms with van der Waals surface area (Å²) in [5.74, 6) is 0.923. The molecule has 0 radical (unpaired) electrons. The van der Waals surface area contributed by atoms with Gasteiger partial charge < -0.3 is 14.8 Å². The van der Waals surface area contributed by atoms with Gasteiger partial charge in [-0.15, -0.1) is 0 Å². The number of hydrogen-bond donors (Lipinski definition) is 1. The smallest absolute Gasteiger partial charge is 0.407 e. The third-order valence-electron chi connectivity index (χ3n) is 3.00. The van der Waals surface area contributed by atoms with Crippen molar-refractivity contribution < 1.29 is 18.7 Å². The average Bonchev–Trinajstić information content (AvgIpc) is 2.61. The molecule has 0 bridgehead atoms. The number of pyridine rings is 1. The Morgan fingerprint density at radius 1 is 1.23 bits per heavy atom. The van der Waals surface area contributed by atoms with Crippen LogP contribution in [0.4, 0.5) is 9.18 Å². The van der Waals surface area contributed by atoms with Crippen molar-refractivity contribution in [3.63, 3.8) is 0 Å². The second kappa shape index (κ2) is 8.89. The summed E-state index contributed by atoms with van der Waals surface area (Å²) in [5.41, 5.74) is 0.458. The summed E-state index contributed by atoms with van der Waals surface area (Å²) in [4.78, 5) is 23.9. The Kier molecular flexibility index (Phi) is 6.60. The Morgan fingerprint density at radius 2 is 1.88 bits per heavy atom. The number of aromatic nitrogens is 3. The zero-order valence-corrected chi connectivity index (χ0v) is 14.9. The number of hydrogen-bond acceptors (Lipinski definition) is 6. The number of amides is 1. The fourth-order valence-electron chi connectivity index (χ4n) is 1.84. The summed E-state index contributed by atoms with van der Waals surface area (Å²) in [6.07, 6.45) is 6.07. The number of rotatable bonds is 6. The van der Waals surface area contributed by atoms with Gasteiger partial charge in [-0.1, -0.05) is 0 Å². The second-order valence-corrected chi connectivity index (χ2v) is 6.39. The number of alkyl carbamates (subject to hydrolysis) is 1. The van der Waals surface area contributed by atoms with Crippen LogP contribution < -0.4 is 10.1 Å². The highest BCUT2D eigenvalue weighted by Crippen LogP contribution is 2.15. The van der Waals surface area contributed by atoms with Crippen LogP contribution in [0, 0.1) is 0 Å². The molecule has 0 aliphatic rings. The van der Waals surface area contributed by atoms with Crippen LogP contribution in [0.2, 0.25) is 0 Å². The molecule has 0 aliphatic carbocycles. The summed E-state index contributed by atoms with van der Waals surface area (Å²) >= 11 is 0.